The second-order valence-corrected chi connectivity index (χ2v) is 5.91. The van der Waals surface area contributed by atoms with Crippen LogP contribution >= 0.6 is 0 Å². The zero-order chi connectivity index (χ0) is 15.9. The third-order valence-corrected chi connectivity index (χ3v) is 4.04. The molecule has 4 nitrogen and oxygen atoms in total. The second kappa shape index (κ2) is 6.20. The molecule has 0 saturated carbocycles. The number of hydrogen-bond acceptors (Lipinski definition) is 2. The molecule has 3 aromatic rings. The number of nitrogens with one attached hydrogen (secondary N) is 2. The summed E-state index contributed by atoms with van der Waals surface area (Å²) in [5.74, 6) is 0. The summed E-state index contributed by atoms with van der Waals surface area (Å²) in [6.07, 6.45) is 8.09. The molecule has 0 amide bonds. The van der Waals surface area contributed by atoms with Crippen molar-refractivity contribution in [3.8, 4) is 0 Å². The molecule has 2 radical (unpaired) electrons. The van der Waals surface area contributed by atoms with Gasteiger partial charge in [-0.3, -0.25) is 0 Å². The molecule has 0 unspecified atom stereocenters. The zero-order valence-corrected chi connectivity index (χ0v) is 14.9. The summed E-state index contributed by atoms with van der Waals surface area (Å²) in [7, 11) is 0. The summed E-state index contributed by atoms with van der Waals surface area (Å²) in [4.78, 5) is 16.0. The van der Waals surface area contributed by atoms with Gasteiger partial charge in [0, 0.05) is 39.1 Å². The number of fused-ring (bicyclic) bond motifs is 8. The molecule has 0 spiro atoms. The third-order valence-electron chi connectivity index (χ3n) is 4.04. The van der Waals surface area contributed by atoms with Gasteiger partial charge < -0.3 is 9.97 Å². The van der Waals surface area contributed by atoms with E-state index in [1.807, 2.05) is 48.6 Å². The van der Waals surface area contributed by atoms with Crippen molar-refractivity contribution in [2.75, 3.05) is 0 Å². The van der Waals surface area contributed by atoms with Crippen LogP contribution in [0.4, 0.5) is 0 Å². The van der Waals surface area contributed by atoms with E-state index >= 15 is 0 Å². The Labute approximate surface area is 154 Å². The number of H-pyrrole nitrogens is 2. The molecular weight excluding hydrogens is 375 g/mol. The van der Waals surface area contributed by atoms with E-state index in [0.29, 0.717) is 0 Å². The molecular formula is C20H14N4Se. The molecule has 5 rings (SSSR count). The van der Waals surface area contributed by atoms with Crippen LogP contribution in [0, 0.1) is 0 Å². The van der Waals surface area contributed by atoms with E-state index in [1.54, 1.807) is 0 Å². The summed E-state index contributed by atoms with van der Waals surface area (Å²) < 4.78 is 0. The fourth-order valence-corrected chi connectivity index (χ4v) is 2.94. The predicted octanol–water partition coefficient (Wildman–Crippen LogP) is 4.27. The molecule has 0 saturated heterocycles. The summed E-state index contributed by atoms with van der Waals surface area (Å²) >= 11 is 0. The molecule has 0 atom stereocenters. The first kappa shape index (κ1) is 15.6. The van der Waals surface area contributed by atoms with E-state index in [-0.39, 0.29) is 17.1 Å². The van der Waals surface area contributed by atoms with Crippen molar-refractivity contribution in [3.05, 3.63) is 71.3 Å². The van der Waals surface area contributed by atoms with Gasteiger partial charge in [0.25, 0.3) is 0 Å². The maximum absolute atomic E-state index is 4.63. The fourth-order valence-electron chi connectivity index (χ4n) is 2.94. The van der Waals surface area contributed by atoms with Crippen LogP contribution < -0.4 is 0 Å². The number of rotatable bonds is 0. The molecule has 2 N–H and O–H groups in total. The van der Waals surface area contributed by atoms with Crippen LogP contribution in [0.1, 0.15) is 22.8 Å². The van der Waals surface area contributed by atoms with Gasteiger partial charge in [0.15, 0.2) is 0 Å². The van der Waals surface area contributed by atoms with Gasteiger partial charge >= 0.3 is 0 Å². The molecule has 120 valence electrons. The van der Waals surface area contributed by atoms with E-state index in [0.717, 1.165) is 44.8 Å². The minimum atomic E-state index is 0. The Morgan fingerprint density at radius 2 is 0.760 bits per heavy atom. The first-order chi connectivity index (χ1) is 11.8. The van der Waals surface area contributed by atoms with E-state index < -0.39 is 0 Å². The molecule has 5 heterocycles. The molecule has 2 aliphatic heterocycles. The number of nitrogens with zero attached hydrogens (tertiary/aromatic N) is 2. The number of hydrogen-bond donors (Lipinski definition) is 2. The Hall–Kier alpha value is -2.88. The molecule has 0 aromatic carbocycles. The van der Waals surface area contributed by atoms with Gasteiger partial charge in [-0.2, -0.15) is 0 Å². The van der Waals surface area contributed by atoms with Crippen LogP contribution in [0.3, 0.4) is 0 Å². The first-order valence-electron chi connectivity index (χ1n) is 7.85. The van der Waals surface area contributed by atoms with Crippen molar-refractivity contribution in [1.82, 2.24) is 19.9 Å². The van der Waals surface area contributed by atoms with E-state index in [4.69, 9.17) is 0 Å². The maximum Gasteiger partial charge on any atom is 0.0658 e. The van der Waals surface area contributed by atoms with Gasteiger partial charge in [-0.15, -0.1) is 0 Å². The van der Waals surface area contributed by atoms with Crippen LogP contribution in [0.25, 0.3) is 46.4 Å². The van der Waals surface area contributed by atoms with Crippen LogP contribution in [0.2, 0.25) is 0 Å². The summed E-state index contributed by atoms with van der Waals surface area (Å²) in [6.45, 7) is 0. The molecule has 25 heavy (non-hydrogen) atoms. The zero-order valence-electron chi connectivity index (χ0n) is 13.2. The molecule has 5 heteroatoms. The van der Waals surface area contributed by atoms with Gasteiger partial charge in [0.05, 0.1) is 22.8 Å². The van der Waals surface area contributed by atoms with Gasteiger partial charge in [-0.1, -0.05) is 0 Å². The largest absolute Gasteiger partial charge is 0.355 e. The van der Waals surface area contributed by atoms with Gasteiger partial charge in [-0.05, 0) is 72.8 Å². The van der Waals surface area contributed by atoms with E-state index in [1.165, 1.54) is 0 Å². The minimum Gasteiger partial charge on any atom is -0.355 e. The van der Waals surface area contributed by atoms with Crippen LogP contribution in [-0.4, -0.2) is 37.0 Å². The Kier molecular flexibility index (Phi) is 3.88. The van der Waals surface area contributed by atoms with Crippen molar-refractivity contribution >= 4 is 63.4 Å². The summed E-state index contributed by atoms with van der Waals surface area (Å²) in [5.41, 5.74) is 7.86. The summed E-state index contributed by atoms with van der Waals surface area (Å²) in [5, 5.41) is 0. The monoisotopic (exact) mass is 390 g/mol. The molecule has 2 aliphatic rings. The molecule has 3 aromatic heterocycles. The van der Waals surface area contributed by atoms with Crippen LogP contribution in [-0.2, 0) is 0 Å². The Morgan fingerprint density at radius 3 is 1.04 bits per heavy atom. The van der Waals surface area contributed by atoms with Crippen LogP contribution in [0.5, 0.6) is 0 Å². The third kappa shape index (κ3) is 3.20. The van der Waals surface area contributed by atoms with E-state index in [2.05, 4.69) is 44.2 Å². The Morgan fingerprint density at radius 1 is 0.480 bits per heavy atom. The smallest absolute Gasteiger partial charge is 0.0658 e. The number of aromatic amines is 2. The van der Waals surface area contributed by atoms with Crippen molar-refractivity contribution in [2.45, 2.75) is 0 Å². The van der Waals surface area contributed by atoms with Crippen molar-refractivity contribution < 1.29 is 0 Å². The molecule has 0 fully saturated rings. The normalized spacial score (nSPS) is 12.2. The SMILES string of the molecule is C1=Cc2cc3ccc(cc4nc(cc5ccc(cc1n2)[nH]5)C=C4)[nH]3.[Se]. The predicted molar refractivity (Wildman–Crippen MR) is 105 cm³/mol. The van der Waals surface area contributed by atoms with Gasteiger partial charge in [0.1, 0.15) is 0 Å². The second-order valence-electron chi connectivity index (χ2n) is 5.91. The van der Waals surface area contributed by atoms with Crippen molar-refractivity contribution in [3.63, 3.8) is 0 Å². The van der Waals surface area contributed by atoms with Gasteiger partial charge in [-0.25, -0.2) is 9.97 Å². The van der Waals surface area contributed by atoms with E-state index in [9.17, 15) is 0 Å². The topological polar surface area (TPSA) is 57.4 Å². The molecule has 0 aliphatic carbocycles. The quantitative estimate of drug-likeness (QED) is 0.389. The average molecular weight is 389 g/mol. The Bertz CT molecular complexity index is 990. The fraction of sp³-hybridized carbons (Fsp3) is 0. The Balaban J connectivity index is 0.00000157. The van der Waals surface area contributed by atoms with Crippen LogP contribution in [0.15, 0.2) is 48.5 Å². The van der Waals surface area contributed by atoms with Crippen molar-refractivity contribution in [1.29, 1.82) is 0 Å². The van der Waals surface area contributed by atoms with Gasteiger partial charge in [0.2, 0.25) is 0 Å². The number of aromatic nitrogens is 4. The minimum absolute atomic E-state index is 0. The maximum atomic E-state index is 4.63. The first-order valence-corrected chi connectivity index (χ1v) is 7.85. The average Bonchev–Trinajstić information content (AvgIpc) is 3.32. The molecule has 8 bridgehead atoms. The van der Waals surface area contributed by atoms with Crippen molar-refractivity contribution in [2.24, 2.45) is 0 Å². The standard InChI is InChI=1S/C20H14N4.Se/c1-2-14-10-16-5-6-18(23-16)12-20-8-7-19(24-20)11-17-4-3-15(22-17)9-13(1)21-14;/h1-12,21,24H;. The summed E-state index contributed by atoms with van der Waals surface area (Å²) in [6, 6.07) is 16.4.